The second kappa shape index (κ2) is 11.6. The first-order valence-electron chi connectivity index (χ1n) is 12.5. The van der Waals surface area contributed by atoms with Gasteiger partial charge in [0.05, 0.1) is 0 Å². The minimum atomic E-state index is -0.306. The van der Waals surface area contributed by atoms with Crippen molar-refractivity contribution >= 4 is 56.2 Å². The van der Waals surface area contributed by atoms with Crippen LogP contribution in [0.15, 0.2) is 48.5 Å². The summed E-state index contributed by atoms with van der Waals surface area (Å²) in [7, 11) is 0. The van der Waals surface area contributed by atoms with Crippen LogP contribution in [0.1, 0.15) is 40.0 Å². The number of nitrogens with zero attached hydrogens (tertiary/aromatic N) is 2. The number of hydrogen-bond donors (Lipinski definition) is 0. The molecular formula is C27H32N2O6Se2. The Balaban J connectivity index is 1.50. The number of ether oxygens (including phenoxy) is 1. The summed E-state index contributed by atoms with van der Waals surface area (Å²) in [4.78, 5) is 34.7. The maximum atomic E-state index is 12.4. The zero-order chi connectivity index (χ0) is 26.7. The van der Waals surface area contributed by atoms with Crippen molar-refractivity contribution < 1.29 is 19.4 Å². The van der Waals surface area contributed by atoms with Gasteiger partial charge in [0.25, 0.3) is 0 Å². The van der Waals surface area contributed by atoms with Crippen LogP contribution in [0, 0.1) is 49.3 Å². The van der Waals surface area contributed by atoms with Crippen molar-refractivity contribution in [2.24, 2.45) is 29.1 Å². The van der Waals surface area contributed by atoms with Gasteiger partial charge in [-0.15, -0.1) is 0 Å². The van der Waals surface area contributed by atoms with Crippen LogP contribution in [0.4, 0.5) is 11.4 Å². The van der Waals surface area contributed by atoms with Crippen molar-refractivity contribution in [1.29, 1.82) is 0 Å². The summed E-state index contributed by atoms with van der Waals surface area (Å²) < 4.78 is 7.42. The molecule has 198 valence electrons. The van der Waals surface area contributed by atoms with Crippen LogP contribution in [0.3, 0.4) is 0 Å². The van der Waals surface area contributed by atoms with E-state index >= 15 is 0 Å². The van der Waals surface area contributed by atoms with E-state index < -0.39 is 0 Å². The zero-order valence-electron chi connectivity index (χ0n) is 21.2. The summed E-state index contributed by atoms with van der Waals surface area (Å²) >= 11 is -0.0748. The van der Waals surface area contributed by atoms with E-state index in [1.807, 2.05) is 31.2 Å². The third kappa shape index (κ3) is 6.09. The molecule has 4 rings (SSSR count). The molecule has 6 atom stereocenters. The van der Waals surface area contributed by atoms with Crippen LogP contribution in [0.2, 0.25) is 10.6 Å². The molecule has 0 N–H and O–H groups in total. The number of hydrogen-bond acceptors (Lipinski definition) is 6. The predicted molar refractivity (Wildman–Crippen MR) is 144 cm³/mol. The Morgan fingerprint density at radius 2 is 1.59 bits per heavy atom. The van der Waals surface area contributed by atoms with E-state index in [1.54, 1.807) is 24.3 Å². The van der Waals surface area contributed by atoms with Crippen LogP contribution >= 0.6 is 0 Å². The predicted octanol–water partition coefficient (Wildman–Crippen LogP) is 4.32. The Morgan fingerprint density at radius 3 is 2.19 bits per heavy atom. The summed E-state index contributed by atoms with van der Waals surface area (Å²) in [6.45, 7) is 6.50. The SMILES string of the molecule is C[C@H](C[Se]c1ccccc1[N+](=O)[O-])[C@@H]1C[C@H]2[C@H](C[C@@]1(C)CC[Se]c1ccccc1[N+](=O)[O-])OC(=O)[C@@H]2C. The molecule has 37 heavy (non-hydrogen) atoms. The number of rotatable bonds is 10. The number of carbonyl (C=O) groups is 1. The summed E-state index contributed by atoms with van der Waals surface area (Å²) in [5, 5.41) is 24.7. The van der Waals surface area contributed by atoms with Crippen molar-refractivity contribution in [3.8, 4) is 0 Å². The molecule has 0 radical (unpaired) electrons. The summed E-state index contributed by atoms with van der Waals surface area (Å²) in [6, 6.07) is 14.0. The summed E-state index contributed by atoms with van der Waals surface area (Å²) in [5.74, 6) is 0.650. The Bertz CT molecular complexity index is 1180. The summed E-state index contributed by atoms with van der Waals surface area (Å²) in [5.41, 5.74) is 0.304. The van der Waals surface area contributed by atoms with Crippen LogP contribution in [-0.2, 0) is 9.53 Å². The molecule has 0 aromatic heterocycles. The average Bonchev–Trinajstić information content (AvgIpc) is 3.13. The van der Waals surface area contributed by atoms with Crippen molar-refractivity contribution in [3.05, 3.63) is 68.8 Å². The topological polar surface area (TPSA) is 113 Å². The Morgan fingerprint density at radius 1 is 1.03 bits per heavy atom. The number of esters is 1. The van der Waals surface area contributed by atoms with Gasteiger partial charge in [-0.1, -0.05) is 0 Å². The van der Waals surface area contributed by atoms with Gasteiger partial charge in [-0.25, -0.2) is 0 Å². The van der Waals surface area contributed by atoms with Crippen molar-refractivity contribution in [2.45, 2.75) is 56.8 Å². The number of nitro groups is 2. The average molecular weight is 638 g/mol. The second-order valence-corrected chi connectivity index (χ2v) is 15.1. The molecule has 0 unspecified atom stereocenters. The van der Waals surface area contributed by atoms with E-state index in [1.165, 1.54) is 0 Å². The van der Waals surface area contributed by atoms with Gasteiger partial charge < -0.3 is 0 Å². The van der Waals surface area contributed by atoms with Gasteiger partial charge in [0, 0.05) is 0 Å². The van der Waals surface area contributed by atoms with Crippen LogP contribution < -0.4 is 8.92 Å². The van der Waals surface area contributed by atoms with Crippen LogP contribution in [0.5, 0.6) is 0 Å². The van der Waals surface area contributed by atoms with Gasteiger partial charge in [0.1, 0.15) is 0 Å². The standard InChI is InChI=1S/C27H32N2O6Se2/c1-17(16-37-25-11-7-5-9-22(25)29(33)34)20-14-19-18(2)26(30)35-23(19)15-27(20,3)12-13-36-24-10-6-4-8-21(24)28(31)32/h4-11,17-20,23H,12-16H2,1-3H3/t17-,18-,19-,20+,23+,27-/m1/s1. The molecule has 1 aliphatic heterocycles. The van der Waals surface area contributed by atoms with E-state index in [0.29, 0.717) is 11.8 Å². The molecule has 0 amide bonds. The molecule has 8 nitrogen and oxygen atoms in total. The van der Waals surface area contributed by atoms with Gasteiger partial charge in [-0.2, -0.15) is 0 Å². The number of fused-ring (bicyclic) bond motifs is 1. The zero-order valence-corrected chi connectivity index (χ0v) is 24.6. The van der Waals surface area contributed by atoms with E-state index in [2.05, 4.69) is 13.8 Å². The fraction of sp³-hybridized carbons (Fsp3) is 0.519. The second-order valence-electron chi connectivity index (χ2n) is 10.5. The number of para-hydroxylation sites is 2. The van der Waals surface area contributed by atoms with Crippen LogP contribution in [-0.4, -0.2) is 51.8 Å². The van der Waals surface area contributed by atoms with E-state index in [9.17, 15) is 25.0 Å². The number of carbonyl (C=O) groups excluding carboxylic acids is 1. The fourth-order valence-corrected chi connectivity index (χ4v) is 11.0. The van der Waals surface area contributed by atoms with Gasteiger partial charge >= 0.3 is 230 Å². The first-order chi connectivity index (χ1) is 17.6. The first kappa shape index (κ1) is 27.8. The molecule has 0 spiro atoms. The molecule has 1 saturated heterocycles. The Labute approximate surface area is 229 Å². The fourth-order valence-electron chi connectivity index (χ4n) is 5.98. The Hall–Kier alpha value is -2.25. The van der Waals surface area contributed by atoms with E-state index in [4.69, 9.17) is 4.74 Å². The minimum absolute atomic E-state index is 0.0362. The third-order valence-corrected chi connectivity index (χ3v) is 13.2. The van der Waals surface area contributed by atoms with E-state index in [-0.39, 0.29) is 80.5 Å². The van der Waals surface area contributed by atoms with Crippen molar-refractivity contribution in [1.82, 2.24) is 0 Å². The molecule has 2 fully saturated rings. The molecule has 10 heteroatoms. The number of benzene rings is 2. The quantitative estimate of drug-likeness (QED) is 0.166. The van der Waals surface area contributed by atoms with Gasteiger partial charge in [0.15, 0.2) is 0 Å². The number of nitro benzene ring substituents is 2. The maximum absolute atomic E-state index is 12.4. The normalized spacial score (nSPS) is 27.8. The van der Waals surface area contributed by atoms with E-state index in [0.717, 1.165) is 38.8 Å². The molecule has 1 saturated carbocycles. The molecule has 0 bridgehead atoms. The van der Waals surface area contributed by atoms with Gasteiger partial charge in [0.2, 0.25) is 0 Å². The summed E-state index contributed by atoms with van der Waals surface area (Å²) in [6.07, 6.45) is 2.53. The molecule has 2 aromatic rings. The van der Waals surface area contributed by atoms with Crippen molar-refractivity contribution in [2.75, 3.05) is 0 Å². The molecule has 2 aliphatic rings. The van der Waals surface area contributed by atoms with Crippen molar-refractivity contribution in [3.63, 3.8) is 0 Å². The van der Waals surface area contributed by atoms with Gasteiger partial charge in [-0.3, -0.25) is 0 Å². The van der Waals surface area contributed by atoms with Crippen LogP contribution in [0.25, 0.3) is 0 Å². The third-order valence-electron chi connectivity index (χ3n) is 8.09. The molecule has 1 heterocycles. The molecular weight excluding hydrogens is 606 g/mol. The monoisotopic (exact) mass is 640 g/mol. The first-order valence-corrected chi connectivity index (χ1v) is 16.7. The van der Waals surface area contributed by atoms with Gasteiger partial charge in [-0.05, 0) is 0 Å². The molecule has 1 aliphatic carbocycles. The molecule has 2 aromatic carbocycles. The Kier molecular flexibility index (Phi) is 8.74.